The molecule has 0 aromatic heterocycles. The van der Waals surface area contributed by atoms with Crippen LogP contribution in [0, 0.1) is 0 Å². The Bertz CT molecular complexity index is 391. The van der Waals surface area contributed by atoms with Crippen molar-refractivity contribution in [3.63, 3.8) is 0 Å². The van der Waals surface area contributed by atoms with Crippen LogP contribution in [0.2, 0.25) is 0 Å². The minimum absolute atomic E-state index is 0.190. The summed E-state index contributed by atoms with van der Waals surface area (Å²) < 4.78 is 4.95. The average molecular weight is 251 g/mol. The van der Waals surface area contributed by atoms with Crippen LogP contribution < -0.4 is 5.32 Å². The number of benzene rings is 1. The van der Waals surface area contributed by atoms with Gasteiger partial charge in [-0.1, -0.05) is 30.3 Å². The van der Waals surface area contributed by atoms with Gasteiger partial charge in [-0.2, -0.15) is 0 Å². The molecule has 2 N–H and O–H groups in total. The number of carbonyl (C=O) groups is 2. The Hall–Kier alpha value is -1.88. The summed E-state index contributed by atoms with van der Waals surface area (Å²) >= 11 is 0. The second kappa shape index (κ2) is 7.45. The van der Waals surface area contributed by atoms with Gasteiger partial charge >= 0.3 is 6.09 Å². The highest BCUT2D eigenvalue weighted by Gasteiger charge is 2.10. The van der Waals surface area contributed by atoms with Gasteiger partial charge in [-0.15, -0.1) is 0 Å². The molecule has 0 radical (unpaired) electrons. The van der Waals surface area contributed by atoms with Crippen molar-refractivity contribution in [3.8, 4) is 0 Å². The zero-order valence-corrected chi connectivity index (χ0v) is 10.3. The number of amides is 1. The molecule has 1 amide bonds. The molecule has 0 saturated heterocycles. The first-order valence-corrected chi connectivity index (χ1v) is 5.72. The van der Waals surface area contributed by atoms with Crippen molar-refractivity contribution in [1.82, 2.24) is 5.32 Å². The topological polar surface area (TPSA) is 75.6 Å². The maximum absolute atomic E-state index is 11.3. The van der Waals surface area contributed by atoms with E-state index < -0.39 is 12.2 Å². The van der Waals surface area contributed by atoms with E-state index in [4.69, 9.17) is 4.74 Å². The molecular formula is C13H17NO4. The number of carbonyl (C=O) groups excluding carboxylic acids is 2. The number of ether oxygens (including phenoxy) is 1. The van der Waals surface area contributed by atoms with Gasteiger partial charge in [0.25, 0.3) is 0 Å². The molecule has 0 unspecified atom stereocenters. The summed E-state index contributed by atoms with van der Waals surface area (Å²) in [5.74, 6) is -0.311. The van der Waals surface area contributed by atoms with E-state index in [1.54, 1.807) is 0 Å². The SMILES string of the molecule is CC(=O)[C@@H](O)CCNC(=O)OCc1ccccc1. The molecule has 0 bridgehead atoms. The number of hydrogen-bond acceptors (Lipinski definition) is 4. The predicted molar refractivity (Wildman–Crippen MR) is 65.9 cm³/mol. The molecule has 0 aliphatic heterocycles. The zero-order valence-electron chi connectivity index (χ0n) is 10.3. The van der Waals surface area contributed by atoms with Gasteiger partial charge in [0.2, 0.25) is 0 Å². The summed E-state index contributed by atoms with van der Waals surface area (Å²) in [5, 5.41) is 11.7. The first-order valence-electron chi connectivity index (χ1n) is 5.72. The highest BCUT2D eigenvalue weighted by molar-refractivity contribution is 5.80. The number of nitrogens with one attached hydrogen (secondary N) is 1. The van der Waals surface area contributed by atoms with E-state index in [-0.39, 0.29) is 25.4 Å². The van der Waals surface area contributed by atoms with Gasteiger partial charge in [0, 0.05) is 6.54 Å². The van der Waals surface area contributed by atoms with Crippen molar-refractivity contribution in [3.05, 3.63) is 35.9 Å². The van der Waals surface area contributed by atoms with Crippen LogP contribution in [-0.4, -0.2) is 29.6 Å². The Morgan fingerprint density at radius 1 is 1.33 bits per heavy atom. The maximum atomic E-state index is 11.3. The third kappa shape index (κ3) is 5.45. The third-order valence-corrected chi connectivity index (χ3v) is 2.37. The van der Waals surface area contributed by atoms with Crippen LogP contribution in [0.25, 0.3) is 0 Å². The molecule has 18 heavy (non-hydrogen) atoms. The third-order valence-electron chi connectivity index (χ3n) is 2.37. The molecule has 0 fully saturated rings. The minimum Gasteiger partial charge on any atom is -0.445 e. The average Bonchev–Trinajstić information content (AvgIpc) is 2.37. The summed E-state index contributed by atoms with van der Waals surface area (Å²) in [6.45, 7) is 1.70. The lowest BCUT2D eigenvalue weighted by molar-refractivity contribution is -0.125. The monoisotopic (exact) mass is 251 g/mol. The molecular weight excluding hydrogens is 234 g/mol. The normalized spacial score (nSPS) is 11.7. The van der Waals surface area contributed by atoms with E-state index in [2.05, 4.69) is 5.32 Å². The Kier molecular flexibility index (Phi) is 5.87. The van der Waals surface area contributed by atoms with Crippen molar-refractivity contribution in [2.75, 3.05) is 6.54 Å². The van der Waals surface area contributed by atoms with Crippen molar-refractivity contribution < 1.29 is 19.4 Å². The van der Waals surface area contributed by atoms with Gasteiger partial charge in [-0.05, 0) is 18.9 Å². The fraction of sp³-hybridized carbons (Fsp3) is 0.385. The molecule has 98 valence electrons. The van der Waals surface area contributed by atoms with Gasteiger partial charge < -0.3 is 15.2 Å². The van der Waals surface area contributed by atoms with Gasteiger partial charge in [-0.3, -0.25) is 4.79 Å². The van der Waals surface area contributed by atoms with E-state index in [1.165, 1.54) is 6.92 Å². The standard InChI is InChI=1S/C13H17NO4/c1-10(15)12(16)7-8-14-13(17)18-9-11-5-3-2-4-6-11/h2-6,12,16H,7-9H2,1H3,(H,14,17)/t12-/m0/s1. The molecule has 5 nitrogen and oxygen atoms in total. The lowest BCUT2D eigenvalue weighted by atomic mass is 10.2. The Balaban J connectivity index is 2.17. The van der Waals surface area contributed by atoms with Crippen molar-refractivity contribution in [2.24, 2.45) is 0 Å². The van der Waals surface area contributed by atoms with Gasteiger partial charge in [0.1, 0.15) is 12.7 Å². The number of alkyl carbamates (subject to hydrolysis) is 1. The van der Waals surface area contributed by atoms with Crippen LogP contribution in [-0.2, 0) is 16.1 Å². The van der Waals surface area contributed by atoms with Gasteiger partial charge in [-0.25, -0.2) is 4.79 Å². The van der Waals surface area contributed by atoms with E-state index in [0.717, 1.165) is 5.56 Å². The van der Waals surface area contributed by atoms with Crippen LogP contribution in [0.4, 0.5) is 4.79 Å². The molecule has 1 aromatic rings. The largest absolute Gasteiger partial charge is 0.445 e. The number of ketones is 1. The van der Waals surface area contributed by atoms with E-state index in [1.807, 2.05) is 30.3 Å². The molecule has 0 spiro atoms. The highest BCUT2D eigenvalue weighted by atomic mass is 16.5. The fourth-order valence-electron chi connectivity index (χ4n) is 1.29. The molecule has 1 rings (SSSR count). The predicted octanol–water partition coefficient (Wildman–Crippen LogP) is 1.25. The highest BCUT2D eigenvalue weighted by Crippen LogP contribution is 2.00. The van der Waals surface area contributed by atoms with E-state index in [9.17, 15) is 14.7 Å². The summed E-state index contributed by atoms with van der Waals surface area (Å²) in [6.07, 6.45) is -1.40. The molecule has 0 aliphatic carbocycles. The van der Waals surface area contributed by atoms with Crippen LogP contribution in [0.3, 0.4) is 0 Å². The van der Waals surface area contributed by atoms with E-state index in [0.29, 0.717) is 0 Å². The number of aliphatic hydroxyl groups is 1. The quantitative estimate of drug-likeness (QED) is 0.798. The van der Waals surface area contributed by atoms with Gasteiger partial charge in [0.05, 0.1) is 0 Å². The van der Waals surface area contributed by atoms with Crippen LogP contribution >= 0.6 is 0 Å². The maximum Gasteiger partial charge on any atom is 0.407 e. The van der Waals surface area contributed by atoms with E-state index >= 15 is 0 Å². The Morgan fingerprint density at radius 3 is 2.61 bits per heavy atom. The second-order valence-electron chi connectivity index (χ2n) is 3.90. The van der Waals surface area contributed by atoms with Crippen LogP contribution in [0.1, 0.15) is 18.9 Å². The minimum atomic E-state index is -1.03. The smallest absolute Gasteiger partial charge is 0.407 e. The summed E-state index contributed by atoms with van der Waals surface area (Å²) in [4.78, 5) is 22.0. The first-order chi connectivity index (χ1) is 8.59. The molecule has 1 atom stereocenters. The van der Waals surface area contributed by atoms with Crippen molar-refractivity contribution in [2.45, 2.75) is 26.1 Å². The summed E-state index contributed by atoms with van der Waals surface area (Å²) in [6, 6.07) is 9.31. The fourth-order valence-corrected chi connectivity index (χ4v) is 1.29. The summed E-state index contributed by atoms with van der Waals surface area (Å²) in [5.41, 5.74) is 0.899. The first kappa shape index (κ1) is 14.2. The molecule has 5 heteroatoms. The molecule has 0 heterocycles. The number of hydrogen-bond donors (Lipinski definition) is 2. The summed E-state index contributed by atoms with van der Waals surface area (Å²) in [7, 11) is 0. The molecule has 1 aromatic carbocycles. The van der Waals surface area contributed by atoms with Gasteiger partial charge in [0.15, 0.2) is 5.78 Å². The van der Waals surface area contributed by atoms with Crippen molar-refractivity contribution in [1.29, 1.82) is 0 Å². The lowest BCUT2D eigenvalue weighted by Gasteiger charge is -2.09. The number of Topliss-reactive ketones (excluding diaryl/α,β-unsaturated/α-hetero) is 1. The number of rotatable bonds is 6. The van der Waals surface area contributed by atoms with Crippen LogP contribution in [0.5, 0.6) is 0 Å². The van der Waals surface area contributed by atoms with Crippen molar-refractivity contribution >= 4 is 11.9 Å². The second-order valence-corrected chi connectivity index (χ2v) is 3.90. The lowest BCUT2D eigenvalue weighted by Crippen LogP contribution is -2.29. The molecule has 0 aliphatic rings. The number of aliphatic hydroxyl groups excluding tert-OH is 1. The zero-order chi connectivity index (χ0) is 13.4. The molecule has 0 saturated carbocycles. The Labute approximate surface area is 106 Å². The Morgan fingerprint density at radius 2 is 2.00 bits per heavy atom. The van der Waals surface area contributed by atoms with Crippen LogP contribution in [0.15, 0.2) is 30.3 Å².